The van der Waals surface area contributed by atoms with E-state index in [0.717, 1.165) is 5.56 Å². The Bertz CT molecular complexity index is 813. The molecule has 5 nitrogen and oxygen atoms in total. The van der Waals surface area contributed by atoms with Gasteiger partial charge in [-0.2, -0.15) is 0 Å². The Morgan fingerprint density at radius 2 is 1.73 bits per heavy atom. The van der Waals surface area contributed by atoms with Crippen LogP contribution in [0.5, 0.6) is 0 Å². The number of carbonyl (C=O) groups excluding carboxylic acids is 1. The van der Waals surface area contributed by atoms with Gasteiger partial charge in [0.05, 0.1) is 23.3 Å². The van der Waals surface area contributed by atoms with Crippen LogP contribution in [0, 0.1) is 13.8 Å². The molecule has 1 N–H and O–H groups in total. The lowest BCUT2D eigenvalue weighted by molar-refractivity contribution is 0.0600. The first-order chi connectivity index (χ1) is 10.3. The van der Waals surface area contributed by atoms with Gasteiger partial charge in [0.15, 0.2) is 0 Å². The van der Waals surface area contributed by atoms with E-state index in [-0.39, 0.29) is 10.5 Å². The molecular weight excluding hydrogens is 302 g/mol. The average Bonchev–Trinajstić information content (AvgIpc) is 2.49. The molecule has 2 rings (SSSR count). The van der Waals surface area contributed by atoms with Crippen LogP contribution in [0.2, 0.25) is 0 Å². The number of hydrogen-bond acceptors (Lipinski definition) is 4. The fraction of sp³-hybridized carbons (Fsp3) is 0.188. The van der Waals surface area contributed by atoms with Gasteiger partial charge in [-0.3, -0.25) is 4.72 Å². The van der Waals surface area contributed by atoms with Crippen molar-refractivity contribution in [1.82, 2.24) is 0 Å². The van der Waals surface area contributed by atoms with Crippen molar-refractivity contribution in [2.24, 2.45) is 0 Å². The zero-order chi connectivity index (χ0) is 16.3. The van der Waals surface area contributed by atoms with Gasteiger partial charge in [-0.1, -0.05) is 24.3 Å². The van der Waals surface area contributed by atoms with Gasteiger partial charge in [0.2, 0.25) is 0 Å². The van der Waals surface area contributed by atoms with Gasteiger partial charge in [0.25, 0.3) is 10.0 Å². The Kier molecular flexibility index (Phi) is 4.51. The molecule has 0 fully saturated rings. The summed E-state index contributed by atoms with van der Waals surface area (Å²) in [5, 5.41) is 0. The van der Waals surface area contributed by atoms with Crippen LogP contribution in [0.15, 0.2) is 47.4 Å². The van der Waals surface area contributed by atoms with Crippen LogP contribution in [-0.2, 0) is 14.8 Å². The minimum atomic E-state index is -3.79. The van der Waals surface area contributed by atoms with Crippen LogP contribution < -0.4 is 4.72 Å². The van der Waals surface area contributed by atoms with Crippen molar-refractivity contribution in [2.75, 3.05) is 11.8 Å². The lowest BCUT2D eigenvalue weighted by atomic mass is 10.1. The highest BCUT2D eigenvalue weighted by Crippen LogP contribution is 2.23. The van der Waals surface area contributed by atoms with Crippen molar-refractivity contribution in [3.63, 3.8) is 0 Å². The number of anilines is 1. The summed E-state index contributed by atoms with van der Waals surface area (Å²) in [6.45, 7) is 3.49. The lowest BCUT2D eigenvalue weighted by Gasteiger charge is -2.13. The first kappa shape index (κ1) is 16.0. The van der Waals surface area contributed by atoms with E-state index in [9.17, 15) is 13.2 Å². The molecule has 0 heterocycles. The van der Waals surface area contributed by atoms with Crippen molar-refractivity contribution in [2.45, 2.75) is 18.7 Å². The van der Waals surface area contributed by atoms with Gasteiger partial charge in [0, 0.05) is 0 Å². The molecule has 0 aromatic heterocycles. The third-order valence-electron chi connectivity index (χ3n) is 3.29. The molecule has 0 aliphatic carbocycles. The normalized spacial score (nSPS) is 11.0. The summed E-state index contributed by atoms with van der Waals surface area (Å²) in [5.41, 5.74) is 2.06. The van der Waals surface area contributed by atoms with Crippen LogP contribution in [0.4, 0.5) is 5.69 Å². The Balaban J connectivity index is 2.45. The minimum absolute atomic E-state index is 0.0543. The van der Waals surface area contributed by atoms with E-state index in [1.54, 1.807) is 25.1 Å². The predicted molar refractivity (Wildman–Crippen MR) is 84.5 cm³/mol. The summed E-state index contributed by atoms with van der Waals surface area (Å²) in [7, 11) is -2.54. The number of ether oxygens (including phenoxy) is 1. The Morgan fingerprint density at radius 1 is 1.05 bits per heavy atom. The molecule has 0 unspecified atom stereocenters. The molecule has 116 valence electrons. The van der Waals surface area contributed by atoms with E-state index in [1.807, 2.05) is 19.1 Å². The molecule has 0 amide bonds. The molecule has 0 saturated heterocycles. The zero-order valence-electron chi connectivity index (χ0n) is 12.6. The van der Waals surface area contributed by atoms with Crippen LogP contribution in [0.25, 0.3) is 0 Å². The third-order valence-corrected chi connectivity index (χ3v) is 4.80. The molecule has 0 spiro atoms. The first-order valence-electron chi connectivity index (χ1n) is 6.62. The molecule has 0 radical (unpaired) electrons. The number of nitrogens with one attached hydrogen (secondary N) is 1. The van der Waals surface area contributed by atoms with Crippen molar-refractivity contribution in [3.8, 4) is 0 Å². The highest BCUT2D eigenvalue weighted by Gasteiger charge is 2.20. The fourth-order valence-electron chi connectivity index (χ4n) is 2.02. The maximum absolute atomic E-state index is 12.6. The van der Waals surface area contributed by atoms with E-state index >= 15 is 0 Å². The highest BCUT2D eigenvalue weighted by molar-refractivity contribution is 7.92. The van der Waals surface area contributed by atoms with Crippen molar-refractivity contribution in [1.29, 1.82) is 0 Å². The van der Waals surface area contributed by atoms with Gasteiger partial charge in [-0.15, -0.1) is 0 Å². The summed E-state index contributed by atoms with van der Waals surface area (Å²) in [5.74, 6) is -0.577. The third kappa shape index (κ3) is 3.28. The number of carbonyl (C=O) groups is 1. The van der Waals surface area contributed by atoms with E-state index in [2.05, 4.69) is 9.46 Å². The minimum Gasteiger partial charge on any atom is -0.465 e. The van der Waals surface area contributed by atoms with Gasteiger partial charge < -0.3 is 4.74 Å². The van der Waals surface area contributed by atoms with Crippen LogP contribution in [0.1, 0.15) is 21.5 Å². The van der Waals surface area contributed by atoms with Crippen LogP contribution in [-0.4, -0.2) is 21.5 Å². The standard InChI is InChI=1S/C16H17NO4S/c1-11-6-4-5-7-14(11)17-22(19,20)15-10-13(16(18)21-3)9-8-12(15)2/h4-10,17H,1-3H3. The van der Waals surface area contributed by atoms with E-state index < -0.39 is 16.0 Å². The molecule has 6 heteroatoms. The monoisotopic (exact) mass is 319 g/mol. The second-order valence-electron chi connectivity index (χ2n) is 4.89. The van der Waals surface area contributed by atoms with Crippen LogP contribution in [0.3, 0.4) is 0 Å². The first-order valence-corrected chi connectivity index (χ1v) is 8.11. The summed E-state index contributed by atoms with van der Waals surface area (Å²) in [6.07, 6.45) is 0. The predicted octanol–water partition coefficient (Wildman–Crippen LogP) is 2.89. The maximum Gasteiger partial charge on any atom is 0.337 e. The number of methoxy groups -OCH3 is 1. The highest BCUT2D eigenvalue weighted by atomic mass is 32.2. The SMILES string of the molecule is COC(=O)c1ccc(C)c(S(=O)(=O)Nc2ccccc2C)c1. The molecule has 0 saturated carbocycles. The summed E-state index contributed by atoms with van der Waals surface area (Å²) in [6, 6.07) is 11.5. The summed E-state index contributed by atoms with van der Waals surface area (Å²) >= 11 is 0. The quantitative estimate of drug-likeness (QED) is 0.880. The summed E-state index contributed by atoms with van der Waals surface area (Å²) in [4.78, 5) is 11.6. The van der Waals surface area contributed by atoms with Crippen molar-refractivity contribution in [3.05, 3.63) is 59.2 Å². The topological polar surface area (TPSA) is 72.5 Å². The lowest BCUT2D eigenvalue weighted by Crippen LogP contribution is -2.16. The molecule has 0 atom stereocenters. The van der Waals surface area contributed by atoms with Gasteiger partial charge in [0.1, 0.15) is 0 Å². The number of aryl methyl sites for hydroxylation is 2. The molecule has 0 bridgehead atoms. The molecule has 22 heavy (non-hydrogen) atoms. The number of sulfonamides is 1. The van der Waals surface area contributed by atoms with Crippen LogP contribution >= 0.6 is 0 Å². The van der Waals surface area contributed by atoms with Gasteiger partial charge in [-0.25, -0.2) is 13.2 Å². The largest absolute Gasteiger partial charge is 0.465 e. The molecule has 0 aliphatic rings. The molecule has 0 aliphatic heterocycles. The summed E-state index contributed by atoms with van der Waals surface area (Å²) < 4.78 is 32.3. The Labute approximate surface area is 130 Å². The number of hydrogen-bond donors (Lipinski definition) is 1. The number of benzene rings is 2. The number of para-hydroxylation sites is 1. The van der Waals surface area contributed by atoms with E-state index in [1.165, 1.54) is 19.2 Å². The average molecular weight is 319 g/mol. The molecule has 2 aromatic carbocycles. The van der Waals surface area contributed by atoms with Gasteiger partial charge >= 0.3 is 5.97 Å². The fourth-order valence-corrected chi connectivity index (χ4v) is 3.42. The zero-order valence-corrected chi connectivity index (χ0v) is 13.4. The molecule has 2 aromatic rings. The van der Waals surface area contributed by atoms with Crippen molar-refractivity contribution < 1.29 is 17.9 Å². The van der Waals surface area contributed by atoms with Gasteiger partial charge in [-0.05, 0) is 43.2 Å². The smallest absolute Gasteiger partial charge is 0.337 e. The number of rotatable bonds is 4. The Morgan fingerprint density at radius 3 is 2.36 bits per heavy atom. The second kappa shape index (κ2) is 6.19. The van der Waals surface area contributed by atoms with E-state index in [4.69, 9.17) is 0 Å². The second-order valence-corrected chi connectivity index (χ2v) is 6.54. The van der Waals surface area contributed by atoms with Crippen molar-refractivity contribution >= 4 is 21.7 Å². The van der Waals surface area contributed by atoms with E-state index in [0.29, 0.717) is 11.3 Å². The Hall–Kier alpha value is -2.34. The number of esters is 1. The molecular formula is C16H17NO4S. The maximum atomic E-state index is 12.6.